The van der Waals surface area contributed by atoms with Crippen LogP contribution in [0.4, 0.5) is 5.69 Å². The maximum atomic E-state index is 11.2. The van der Waals surface area contributed by atoms with Crippen LogP contribution in [0.25, 0.3) is 33.0 Å². The van der Waals surface area contributed by atoms with Crippen molar-refractivity contribution in [3.8, 4) is 11.1 Å². The second-order valence-corrected chi connectivity index (χ2v) is 5.32. The Morgan fingerprint density at radius 2 is 1.87 bits per heavy atom. The number of pyridine rings is 1. The maximum Gasteiger partial charge on any atom is 0.312 e. The number of para-hydroxylation sites is 2. The molecule has 5 nitrogen and oxygen atoms in total. The lowest BCUT2D eigenvalue weighted by Crippen LogP contribution is -1.88. The molecule has 112 valence electrons. The summed E-state index contributed by atoms with van der Waals surface area (Å²) in [6, 6.07) is 14.8. The van der Waals surface area contributed by atoms with Gasteiger partial charge >= 0.3 is 5.69 Å². The normalized spacial score (nSPS) is 11.2. The van der Waals surface area contributed by atoms with Gasteiger partial charge in [-0.2, -0.15) is 0 Å². The fourth-order valence-electron chi connectivity index (χ4n) is 3.01. The molecule has 0 atom stereocenters. The van der Waals surface area contributed by atoms with Crippen molar-refractivity contribution in [1.82, 2.24) is 4.98 Å². The fourth-order valence-corrected chi connectivity index (χ4v) is 3.01. The highest BCUT2D eigenvalue weighted by Gasteiger charge is 2.22. The van der Waals surface area contributed by atoms with Gasteiger partial charge in [-0.05, 0) is 19.1 Å². The van der Waals surface area contributed by atoms with E-state index >= 15 is 0 Å². The molecule has 23 heavy (non-hydrogen) atoms. The number of fused-ring (bicyclic) bond motifs is 2. The minimum atomic E-state index is -0.420. The maximum absolute atomic E-state index is 11.2. The number of hydrogen-bond donors (Lipinski definition) is 0. The van der Waals surface area contributed by atoms with Gasteiger partial charge in [0.15, 0.2) is 0 Å². The van der Waals surface area contributed by atoms with Gasteiger partial charge in [0.25, 0.3) is 0 Å². The van der Waals surface area contributed by atoms with Crippen molar-refractivity contribution < 1.29 is 9.34 Å². The predicted octanol–water partition coefficient (Wildman–Crippen LogP) is 4.86. The molecule has 5 heteroatoms. The number of hydrogen-bond acceptors (Lipinski definition) is 4. The van der Waals surface area contributed by atoms with E-state index in [0.29, 0.717) is 11.3 Å². The summed E-state index contributed by atoms with van der Waals surface area (Å²) in [7, 11) is 0. The average molecular weight is 304 g/mol. The molecule has 0 aliphatic carbocycles. The summed E-state index contributed by atoms with van der Waals surface area (Å²) in [6.45, 7) is 1.82. The summed E-state index contributed by atoms with van der Waals surface area (Å²) in [4.78, 5) is 15.3. The van der Waals surface area contributed by atoms with Gasteiger partial charge in [0, 0.05) is 34.2 Å². The second kappa shape index (κ2) is 4.91. The Hall–Kier alpha value is -3.21. The summed E-state index contributed by atoms with van der Waals surface area (Å²) in [6.07, 6.45) is 1.74. The molecule has 0 saturated carbocycles. The molecule has 0 bridgehead atoms. The number of furan rings is 1. The Kier molecular flexibility index (Phi) is 2.87. The van der Waals surface area contributed by atoms with E-state index in [-0.39, 0.29) is 5.69 Å². The van der Waals surface area contributed by atoms with E-state index in [9.17, 15) is 10.1 Å². The van der Waals surface area contributed by atoms with E-state index in [4.69, 9.17) is 4.42 Å². The first-order valence-electron chi connectivity index (χ1n) is 7.17. The fraction of sp³-hybridized carbons (Fsp3) is 0.0556. The zero-order valence-corrected chi connectivity index (χ0v) is 12.3. The number of benzene rings is 2. The van der Waals surface area contributed by atoms with Gasteiger partial charge in [-0.3, -0.25) is 15.1 Å². The van der Waals surface area contributed by atoms with Gasteiger partial charge in [-0.25, -0.2) is 0 Å². The topological polar surface area (TPSA) is 69.2 Å². The van der Waals surface area contributed by atoms with Gasteiger partial charge in [0.05, 0.1) is 10.4 Å². The number of nitro groups is 1. The molecule has 0 N–H and O–H groups in total. The average Bonchev–Trinajstić information content (AvgIpc) is 2.89. The van der Waals surface area contributed by atoms with Crippen LogP contribution in [0.3, 0.4) is 0 Å². The lowest BCUT2D eigenvalue weighted by Gasteiger charge is -2.05. The first-order valence-corrected chi connectivity index (χ1v) is 7.17. The number of rotatable bonds is 2. The third-order valence-electron chi connectivity index (χ3n) is 3.97. The van der Waals surface area contributed by atoms with Crippen LogP contribution in [-0.4, -0.2) is 9.91 Å². The predicted molar refractivity (Wildman–Crippen MR) is 88.3 cm³/mol. The largest absolute Gasteiger partial charge is 0.453 e. The third-order valence-corrected chi connectivity index (χ3v) is 3.97. The highest BCUT2D eigenvalue weighted by molar-refractivity contribution is 6.05. The van der Waals surface area contributed by atoms with Crippen molar-refractivity contribution in [3.63, 3.8) is 0 Å². The first kappa shape index (κ1) is 13.5. The molecular formula is C18H12N2O3. The monoisotopic (exact) mass is 304 g/mol. The van der Waals surface area contributed by atoms with E-state index < -0.39 is 4.92 Å². The highest BCUT2D eigenvalue weighted by atomic mass is 16.6. The summed E-state index contributed by atoms with van der Waals surface area (Å²) in [5.74, 6) is 0.646. The number of aromatic nitrogens is 1. The molecule has 0 fully saturated rings. The molecule has 0 aliphatic heterocycles. The summed E-state index contributed by atoms with van der Waals surface area (Å²) in [5.41, 5.74) is 2.91. The van der Waals surface area contributed by atoms with E-state index in [2.05, 4.69) is 4.98 Å². The minimum Gasteiger partial charge on any atom is -0.453 e. The zero-order chi connectivity index (χ0) is 16.0. The number of nitrogens with zero attached hydrogens (tertiary/aromatic N) is 2. The molecule has 0 spiro atoms. The van der Waals surface area contributed by atoms with Crippen LogP contribution in [0.15, 0.2) is 59.1 Å². The van der Waals surface area contributed by atoms with E-state index in [1.165, 1.54) is 6.07 Å². The molecule has 4 aromatic rings. The van der Waals surface area contributed by atoms with Crippen LogP contribution in [0.2, 0.25) is 0 Å². The van der Waals surface area contributed by atoms with Gasteiger partial charge in [0.1, 0.15) is 5.76 Å². The van der Waals surface area contributed by atoms with Gasteiger partial charge in [0.2, 0.25) is 5.58 Å². The molecule has 2 heterocycles. The minimum absolute atomic E-state index is 0.0231. The van der Waals surface area contributed by atoms with Crippen molar-refractivity contribution in [2.75, 3.05) is 0 Å². The molecule has 0 unspecified atom stereocenters. The van der Waals surface area contributed by atoms with Crippen molar-refractivity contribution in [3.05, 3.63) is 70.6 Å². The summed E-state index contributed by atoms with van der Waals surface area (Å²) >= 11 is 0. The van der Waals surface area contributed by atoms with Crippen LogP contribution >= 0.6 is 0 Å². The van der Waals surface area contributed by atoms with Crippen LogP contribution in [0, 0.1) is 17.0 Å². The van der Waals surface area contributed by atoms with Crippen molar-refractivity contribution in [2.24, 2.45) is 0 Å². The van der Waals surface area contributed by atoms with Crippen LogP contribution in [0.1, 0.15) is 5.76 Å². The van der Waals surface area contributed by atoms with Gasteiger partial charge < -0.3 is 4.42 Å². The van der Waals surface area contributed by atoms with E-state index in [1.807, 2.05) is 43.3 Å². The van der Waals surface area contributed by atoms with Gasteiger partial charge in [-0.1, -0.05) is 30.3 Å². The molecule has 2 aromatic heterocycles. The Morgan fingerprint density at radius 1 is 1.09 bits per heavy atom. The lowest BCUT2D eigenvalue weighted by molar-refractivity contribution is -0.383. The number of non-ortho nitro benzene ring substituents is 1. The van der Waals surface area contributed by atoms with Crippen LogP contribution < -0.4 is 0 Å². The number of aryl methyl sites for hydroxylation is 1. The molecule has 0 saturated heterocycles. The zero-order valence-electron chi connectivity index (χ0n) is 12.3. The quantitative estimate of drug-likeness (QED) is 0.391. The summed E-state index contributed by atoms with van der Waals surface area (Å²) in [5, 5.41) is 13.0. The Morgan fingerprint density at radius 3 is 2.70 bits per heavy atom. The molecule has 0 amide bonds. The lowest BCUT2D eigenvalue weighted by atomic mass is 9.99. The van der Waals surface area contributed by atoms with Crippen LogP contribution in [0.5, 0.6) is 0 Å². The molecule has 2 aromatic carbocycles. The Bertz CT molecular complexity index is 1060. The van der Waals surface area contributed by atoms with Gasteiger partial charge in [-0.15, -0.1) is 0 Å². The molecule has 4 rings (SSSR count). The summed E-state index contributed by atoms with van der Waals surface area (Å²) < 4.78 is 5.73. The smallest absolute Gasteiger partial charge is 0.312 e. The van der Waals surface area contributed by atoms with Crippen molar-refractivity contribution in [1.29, 1.82) is 0 Å². The standard InChI is InChI=1S/C18H12N2O3/c1-11-16(13-7-2-5-12-6-4-10-19-17(12)13)14-8-3-9-15(20(21)22)18(14)23-11/h2-10H,1H3. The third kappa shape index (κ3) is 1.97. The number of nitro benzene ring substituents is 1. The second-order valence-electron chi connectivity index (χ2n) is 5.32. The van der Waals surface area contributed by atoms with Crippen LogP contribution in [-0.2, 0) is 0 Å². The van der Waals surface area contributed by atoms with Crippen molar-refractivity contribution in [2.45, 2.75) is 6.92 Å². The van der Waals surface area contributed by atoms with E-state index in [0.717, 1.165) is 27.4 Å². The molecule has 0 radical (unpaired) electrons. The SMILES string of the molecule is Cc1oc2c([N+](=O)[O-])cccc2c1-c1cccc2cccnc12. The van der Waals surface area contributed by atoms with Crippen molar-refractivity contribution >= 4 is 27.6 Å². The first-order chi connectivity index (χ1) is 11.2. The van der Waals surface area contributed by atoms with E-state index in [1.54, 1.807) is 12.3 Å². The molecular weight excluding hydrogens is 292 g/mol. The Labute approximate surface area is 131 Å². The Balaban J connectivity index is 2.12. The molecule has 0 aliphatic rings. The highest BCUT2D eigenvalue weighted by Crippen LogP contribution is 2.40.